The lowest BCUT2D eigenvalue weighted by Crippen LogP contribution is -2.33. The summed E-state index contributed by atoms with van der Waals surface area (Å²) in [6, 6.07) is 0.620. The number of amides is 1. The molecule has 0 aromatic carbocycles. The lowest BCUT2D eigenvalue weighted by molar-refractivity contribution is 0.0932. The molecule has 1 atom stereocenters. The van der Waals surface area contributed by atoms with Crippen molar-refractivity contribution >= 4 is 5.91 Å². The first-order valence-corrected chi connectivity index (χ1v) is 6.53. The van der Waals surface area contributed by atoms with Gasteiger partial charge in [-0.2, -0.15) is 0 Å². The minimum absolute atomic E-state index is 0.0999. The summed E-state index contributed by atoms with van der Waals surface area (Å²) in [6.45, 7) is 4.51. The van der Waals surface area contributed by atoms with E-state index in [0.717, 1.165) is 19.0 Å². The van der Waals surface area contributed by atoms with Gasteiger partial charge < -0.3 is 14.9 Å². The Labute approximate surface area is 119 Å². The van der Waals surface area contributed by atoms with Gasteiger partial charge in [-0.25, -0.2) is 4.79 Å². The molecule has 2 aromatic heterocycles. The fraction of sp³-hybridized carbons (Fsp3) is 0.417. The van der Waals surface area contributed by atoms with Crippen LogP contribution in [0.2, 0.25) is 0 Å². The first-order valence-electron chi connectivity index (χ1n) is 6.53. The van der Waals surface area contributed by atoms with Crippen molar-refractivity contribution in [1.29, 1.82) is 0 Å². The zero-order valence-corrected chi connectivity index (χ0v) is 11.7. The molecule has 9 nitrogen and oxygen atoms in total. The van der Waals surface area contributed by atoms with Crippen molar-refractivity contribution in [2.24, 2.45) is 0 Å². The number of nitrogens with one attached hydrogen (secondary N) is 3. The third kappa shape index (κ3) is 3.44. The Kier molecular flexibility index (Phi) is 4.31. The molecule has 9 heteroatoms. The van der Waals surface area contributed by atoms with Crippen LogP contribution in [0.4, 0.5) is 0 Å². The highest BCUT2D eigenvalue weighted by Crippen LogP contribution is 2.09. The van der Waals surface area contributed by atoms with Gasteiger partial charge in [0.05, 0.1) is 6.04 Å². The summed E-state index contributed by atoms with van der Waals surface area (Å²) in [6.07, 6.45) is 2.50. The van der Waals surface area contributed by atoms with Crippen LogP contribution in [0.1, 0.15) is 42.6 Å². The molecule has 0 bridgehead atoms. The molecule has 21 heavy (non-hydrogen) atoms. The van der Waals surface area contributed by atoms with Gasteiger partial charge in [0.2, 0.25) is 0 Å². The van der Waals surface area contributed by atoms with Gasteiger partial charge in [0.1, 0.15) is 12.0 Å². The van der Waals surface area contributed by atoms with Crippen molar-refractivity contribution in [1.82, 2.24) is 30.0 Å². The molecule has 0 aliphatic rings. The van der Waals surface area contributed by atoms with Gasteiger partial charge in [-0.1, -0.05) is 6.92 Å². The van der Waals surface area contributed by atoms with Crippen LogP contribution in [-0.2, 0) is 6.54 Å². The normalized spacial score (nSPS) is 12.1. The number of aryl methyl sites for hydroxylation is 1. The third-order valence-electron chi connectivity index (χ3n) is 2.85. The number of H-pyrrole nitrogens is 2. The van der Waals surface area contributed by atoms with Crippen LogP contribution < -0.4 is 16.6 Å². The molecular weight excluding hydrogens is 276 g/mol. The largest absolute Gasteiger partial charge is 0.341 e. The summed E-state index contributed by atoms with van der Waals surface area (Å²) in [5.41, 5.74) is -1.46. The SMILES string of the molecule is CCCn1cnnc1C(C)NC(=O)c1cc(=O)[nH]c(=O)[nH]1. The average Bonchev–Trinajstić information content (AvgIpc) is 2.86. The topological polar surface area (TPSA) is 126 Å². The van der Waals surface area contributed by atoms with E-state index in [1.165, 1.54) is 0 Å². The molecular formula is C12H16N6O3. The standard InChI is InChI=1S/C12H16N6O3/c1-3-4-18-6-13-17-10(18)7(2)14-11(20)8-5-9(19)16-12(21)15-8/h5-7H,3-4H2,1-2H3,(H,14,20)(H2,15,16,19,21). The number of hydrogen-bond acceptors (Lipinski definition) is 5. The molecule has 112 valence electrons. The zero-order chi connectivity index (χ0) is 15.4. The Hall–Kier alpha value is -2.71. The maximum Gasteiger partial charge on any atom is 0.326 e. The minimum Gasteiger partial charge on any atom is -0.341 e. The molecule has 2 heterocycles. The fourth-order valence-electron chi connectivity index (χ4n) is 1.94. The van der Waals surface area contributed by atoms with E-state index in [1.807, 2.05) is 16.5 Å². The van der Waals surface area contributed by atoms with Gasteiger partial charge >= 0.3 is 5.69 Å². The molecule has 1 amide bonds. The van der Waals surface area contributed by atoms with E-state index in [1.54, 1.807) is 13.3 Å². The van der Waals surface area contributed by atoms with Crippen molar-refractivity contribution in [3.05, 3.63) is 44.8 Å². The number of rotatable bonds is 5. The molecule has 1 unspecified atom stereocenters. The lowest BCUT2D eigenvalue weighted by atomic mass is 10.2. The Morgan fingerprint density at radius 3 is 2.86 bits per heavy atom. The van der Waals surface area contributed by atoms with Gasteiger partial charge in [-0.05, 0) is 13.3 Å². The molecule has 0 fully saturated rings. The monoisotopic (exact) mass is 292 g/mol. The molecule has 2 aromatic rings. The van der Waals surface area contributed by atoms with Crippen LogP contribution in [0.15, 0.2) is 22.0 Å². The van der Waals surface area contributed by atoms with E-state index >= 15 is 0 Å². The second-order valence-electron chi connectivity index (χ2n) is 4.58. The van der Waals surface area contributed by atoms with Crippen molar-refractivity contribution in [3.63, 3.8) is 0 Å². The van der Waals surface area contributed by atoms with Crippen molar-refractivity contribution in [2.45, 2.75) is 32.9 Å². The van der Waals surface area contributed by atoms with E-state index < -0.39 is 23.2 Å². The number of nitrogens with zero attached hydrogens (tertiary/aromatic N) is 3. The van der Waals surface area contributed by atoms with Crippen LogP contribution in [0, 0.1) is 0 Å². The van der Waals surface area contributed by atoms with Crippen LogP contribution in [-0.4, -0.2) is 30.6 Å². The minimum atomic E-state index is -0.727. The third-order valence-corrected chi connectivity index (χ3v) is 2.85. The van der Waals surface area contributed by atoms with E-state index in [2.05, 4.69) is 20.5 Å². The molecule has 2 rings (SSSR count). The summed E-state index contributed by atoms with van der Waals surface area (Å²) in [7, 11) is 0. The van der Waals surface area contributed by atoms with E-state index in [-0.39, 0.29) is 5.69 Å². The number of aromatic nitrogens is 5. The van der Waals surface area contributed by atoms with Gasteiger partial charge in [-0.15, -0.1) is 10.2 Å². The van der Waals surface area contributed by atoms with Gasteiger partial charge in [0.15, 0.2) is 5.82 Å². The van der Waals surface area contributed by atoms with Crippen LogP contribution in [0.5, 0.6) is 0 Å². The number of carbonyl (C=O) groups excluding carboxylic acids is 1. The molecule has 3 N–H and O–H groups in total. The second kappa shape index (κ2) is 6.16. The second-order valence-corrected chi connectivity index (χ2v) is 4.58. The first-order chi connectivity index (χ1) is 10.0. The van der Waals surface area contributed by atoms with Crippen molar-refractivity contribution < 1.29 is 4.79 Å². The Balaban J connectivity index is 2.16. The number of hydrogen-bond donors (Lipinski definition) is 3. The van der Waals surface area contributed by atoms with Gasteiger partial charge in [0, 0.05) is 12.6 Å². The summed E-state index contributed by atoms with van der Waals surface area (Å²) < 4.78 is 1.84. The highest BCUT2D eigenvalue weighted by molar-refractivity contribution is 5.92. The van der Waals surface area contributed by atoms with E-state index in [0.29, 0.717) is 5.82 Å². The molecule has 0 saturated carbocycles. The summed E-state index contributed by atoms with van der Waals surface area (Å²) >= 11 is 0. The molecule has 0 aliphatic carbocycles. The first kappa shape index (κ1) is 14.7. The highest BCUT2D eigenvalue weighted by Gasteiger charge is 2.17. The Bertz CT molecular complexity index is 715. The molecule has 0 aliphatic heterocycles. The summed E-state index contributed by atoms with van der Waals surface area (Å²) in [5, 5.41) is 10.5. The smallest absolute Gasteiger partial charge is 0.326 e. The Morgan fingerprint density at radius 1 is 1.43 bits per heavy atom. The maximum absolute atomic E-state index is 12.0. The molecule has 0 radical (unpaired) electrons. The summed E-state index contributed by atoms with van der Waals surface area (Å²) in [4.78, 5) is 38.6. The predicted molar refractivity (Wildman–Crippen MR) is 73.9 cm³/mol. The van der Waals surface area contributed by atoms with Crippen molar-refractivity contribution in [2.75, 3.05) is 0 Å². The zero-order valence-electron chi connectivity index (χ0n) is 11.7. The average molecular weight is 292 g/mol. The quantitative estimate of drug-likeness (QED) is 0.688. The summed E-state index contributed by atoms with van der Waals surface area (Å²) in [5.74, 6) is 0.0501. The fourth-order valence-corrected chi connectivity index (χ4v) is 1.94. The maximum atomic E-state index is 12.0. The highest BCUT2D eigenvalue weighted by atomic mass is 16.2. The lowest BCUT2D eigenvalue weighted by Gasteiger charge is -2.14. The molecule has 0 spiro atoms. The van der Waals surface area contributed by atoms with Crippen LogP contribution >= 0.6 is 0 Å². The van der Waals surface area contributed by atoms with E-state index in [4.69, 9.17) is 0 Å². The van der Waals surface area contributed by atoms with Crippen LogP contribution in [0.25, 0.3) is 0 Å². The molecule has 0 saturated heterocycles. The number of aromatic amines is 2. The van der Waals surface area contributed by atoms with Crippen molar-refractivity contribution in [3.8, 4) is 0 Å². The van der Waals surface area contributed by atoms with E-state index in [9.17, 15) is 14.4 Å². The number of carbonyl (C=O) groups is 1. The van der Waals surface area contributed by atoms with Gasteiger partial charge in [0.25, 0.3) is 11.5 Å². The predicted octanol–water partition coefficient (Wildman–Crippen LogP) is -0.444. The van der Waals surface area contributed by atoms with Gasteiger partial charge in [-0.3, -0.25) is 14.6 Å². The Morgan fingerprint density at radius 2 is 2.19 bits per heavy atom. The van der Waals surface area contributed by atoms with Crippen LogP contribution in [0.3, 0.4) is 0 Å².